The minimum atomic E-state index is 0.524. The van der Waals surface area contributed by atoms with Crippen LogP contribution in [0.15, 0.2) is 12.4 Å². The van der Waals surface area contributed by atoms with Crippen LogP contribution in [-0.4, -0.2) is 35.8 Å². The summed E-state index contributed by atoms with van der Waals surface area (Å²) in [6.07, 6.45) is 12.8. The zero-order valence-electron chi connectivity index (χ0n) is 12.5. The van der Waals surface area contributed by atoms with Crippen LogP contribution in [0, 0.1) is 5.92 Å². The first-order valence-electron chi connectivity index (χ1n) is 8.15. The number of ether oxygens (including phenoxy) is 1. The Balaban J connectivity index is 1.41. The highest BCUT2D eigenvalue weighted by atomic mass is 35.5. The van der Waals surface area contributed by atoms with E-state index in [2.05, 4.69) is 14.9 Å². The lowest BCUT2D eigenvalue weighted by atomic mass is 9.96. The molecule has 4 nitrogen and oxygen atoms in total. The molecular formula is C16H24ClN3O. The Morgan fingerprint density at radius 3 is 2.38 bits per heavy atom. The average molecular weight is 310 g/mol. The molecule has 1 aliphatic heterocycles. The number of nitrogens with zero attached hydrogens (tertiary/aromatic N) is 3. The molecule has 0 amide bonds. The first-order chi connectivity index (χ1) is 10.3. The number of aromatic nitrogens is 2. The molecule has 1 saturated carbocycles. The molecule has 5 heteroatoms. The van der Waals surface area contributed by atoms with E-state index in [1.54, 1.807) is 12.4 Å². The van der Waals surface area contributed by atoms with Crippen LogP contribution in [0.1, 0.15) is 44.9 Å². The average Bonchev–Trinajstić information content (AvgIpc) is 2.55. The predicted octanol–water partition coefficient (Wildman–Crippen LogP) is 3.70. The van der Waals surface area contributed by atoms with Crippen molar-refractivity contribution in [1.82, 2.24) is 9.97 Å². The van der Waals surface area contributed by atoms with E-state index in [0.29, 0.717) is 17.0 Å². The summed E-state index contributed by atoms with van der Waals surface area (Å²) in [5, 5.41) is 0.592. The lowest BCUT2D eigenvalue weighted by Gasteiger charge is -2.33. The third-order valence-electron chi connectivity index (χ3n) is 4.62. The third-order valence-corrected chi connectivity index (χ3v) is 4.82. The SMILES string of the molecule is Clc1cnc(N2CCC(COC3CCCCC3)CC2)nc1. The molecule has 1 saturated heterocycles. The van der Waals surface area contributed by atoms with Crippen LogP contribution in [0.3, 0.4) is 0 Å². The molecule has 0 N–H and O–H groups in total. The van der Waals surface area contributed by atoms with Gasteiger partial charge in [-0.15, -0.1) is 0 Å². The summed E-state index contributed by atoms with van der Waals surface area (Å²) in [5.74, 6) is 1.49. The molecule has 0 spiro atoms. The van der Waals surface area contributed by atoms with Crippen LogP contribution in [0.4, 0.5) is 5.95 Å². The van der Waals surface area contributed by atoms with Crippen LogP contribution in [0.5, 0.6) is 0 Å². The van der Waals surface area contributed by atoms with Gasteiger partial charge in [0.1, 0.15) is 0 Å². The zero-order valence-corrected chi connectivity index (χ0v) is 13.3. The van der Waals surface area contributed by atoms with Gasteiger partial charge in [-0.2, -0.15) is 0 Å². The Kier molecular flexibility index (Phi) is 5.31. The summed E-state index contributed by atoms with van der Waals surface area (Å²) < 4.78 is 6.11. The van der Waals surface area contributed by atoms with E-state index < -0.39 is 0 Å². The van der Waals surface area contributed by atoms with E-state index >= 15 is 0 Å². The number of anilines is 1. The molecular weight excluding hydrogens is 286 g/mol. The van der Waals surface area contributed by atoms with E-state index in [0.717, 1.165) is 25.6 Å². The van der Waals surface area contributed by atoms with E-state index in [4.69, 9.17) is 16.3 Å². The molecule has 0 radical (unpaired) electrons. The smallest absolute Gasteiger partial charge is 0.225 e. The Morgan fingerprint density at radius 1 is 1.05 bits per heavy atom. The van der Waals surface area contributed by atoms with Crippen molar-refractivity contribution in [2.24, 2.45) is 5.92 Å². The molecule has 1 aromatic rings. The summed E-state index contributed by atoms with van der Waals surface area (Å²) >= 11 is 5.83. The van der Waals surface area contributed by atoms with Gasteiger partial charge in [0.25, 0.3) is 0 Å². The second-order valence-electron chi connectivity index (χ2n) is 6.23. The van der Waals surface area contributed by atoms with Gasteiger partial charge in [-0.25, -0.2) is 9.97 Å². The summed E-state index contributed by atoms with van der Waals surface area (Å²) in [5.41, 5.74) is 0. The highest BCUT2D eigenvalue weighted by Gasteiger charge is 2.22. The second kappa shape index (κ2) is 7.41. The Bertz CT molecular complexity index is 426. The lowest BCUT2D eigenvalue weighted by Crippen LogP contribution is -2.36. The summed E-state index contributed by atoms with van der Waals surface area (Å²) in [6, 6.07) is 0. The third kappa shape index (κ3) is 4.30. The van der Waals surface area contributed by atoms with Crippen molar-refractivity contribution in [3.63, 3.8) is 0 Å². The first kappa shape index (κ1) is 15.0. The molecule has 116 valence electrons. The van der Waals surface area contributed by atoms with Gasteiger partial charge in [-0.3, -0.25) is 0 Å². The van der Waals surface area contributed by atoms with Gasteiger partial charge >= 0.3 is 0 Å². The van der Waals surface area contributed by atoms with Gasteiger partial charge in [0.2, 0.25) is 5.95 Å². The maximum atomic E-state index is 6.11. The molecule has 0 atom stereocenters. The fourth-order valence-corrected chi connectivity index (χ4v) is 3.37. The van der Waals surface area contributed by atoms with Crippen molar-refractivity contribution in [2.75, 3.05) is 24.6 Å². The molecule has 2 aliphatic rings. The van der Waals surface area contributed by atoms with Crippen molar-refractivity contribution < 1.29 is 4.74 Å². The molecule has 2 heterocycles. The molecule has 21 heavy (non-hydrogen) atoms. The molecule has 0 bridgehead atoms. The van der Waals surface area contributed by atoms with Crippen LogP contribution < -0.4 is 4.90 Å². The van der Waals surface area contributed by atoms with Crippen LogP contribution >= 0.6 is 11.6 Å². The summed E-state index contributed by atoms with van der Waals surface area (Å²) in [4.78, 5) is 10.8. The number of hydrogen-bond donors (Lipinski definition) is 0. The minimum absolute atomic E-state index is 0.524. The normalized spacial score (nSPS) is 21.7. The maximum absolute atomic E-state index is 6.11. The first-order valence-corrected chi connectivity index (χ1v) is 8.53. The van der Waals surface area contributed by atoms with Crippen molar-refractivity contribution in [2.45, 2.75) is 51.0 Å². The number of rotatable bonds is 4. The fraction of sp³-hybridized carbons (Fsp3) is 0.750. The van der Waals surface area contributed by atoms with E-state index in [-0.39, 0.29) is 0 Å². The van der Waals surface area contributed by atoms with Crippen molar-refractivity contribution in [1.29, 1.82) is 0 Å². The van der Waals surface area contributed by atoms with E-state index in [9.17, 15) is 0 Å². The van der Waals surface area contributed by atoms with Crippen LogP contribution in [-0.2, 0) is 4.74 Å². The Hall–Kier alpha value is -0.870. The van der Waals surface area contributed by atoms with Gasteiger partial charge < -0.3 is 9.64 Å². The van der Waals surface area contributed by atoms with Crippen molar-refractivity contribution in [3.05, 3.63) is 17.4 Å². The predicted molar refractivity (Wildman–Crippen MR) is 84.8 cm³/mol. The number of halogens is 1. The molecule has 0 aromatic carbocycles. The second-order valence-corrected chi connectivity index (χ2v) is 6.66. The van der Waals surface area contributed by atoms with E-state index in [1.807, 2.05) is 0 Å². The topological polar surface area (TPSA) is 38.2 Å². The molecule has 2 fully saturated rings. The van der Waals surface area contributed by atoms with Crippen molar-refractivity contribution in [3.8, 4) is 0 Å². The number of hydrogen-bond acceptors (Lipinski definition) is 4. The van der Waals surface area contributed by atoms with Gasteiger partial charge in [0, 0.05) is 19.7 Å². The Morgan fingerprint density at radius 2 is 1.71 bits per heavy atom. The van der Waals surface area contributed by atoms with Gasteiger partial charge in [-0.1, -0.05) is 30.9 Å². The quantitative estimate of drug-likeness (QED) is 0.850. The maximum Gasteiger partial charge on any atom is 0.225 e. The summed E-state index contributed by atoms with van der Waals surface area (Å²) in [7, 11) is 0. The summed E-state index contributed by atoms with van der Waals surface area (Å²) in [6.45, 7) is 2.96. The highest BCUT2D eigenvalue weighted by Crippen LogP contribution is 2.24. The minimum Gasteiger partial charge on any atom is -0.378 e. The van der Waals surface area contributed by atoms with Crippen LogP contribution in [0.25, 0.3) is 0 Å². The van der Waals surface area contributed by atoms with Crippen LogP contribution in [0.2, 0.25) is 5.02 Å². The fourth-order valence-electron chi connectivity index (χ4n) is 3.27. The number of piperidine rings is 1. The van der Waals surface area contributed by atoms with E-state index in [1.165, 1.54) is 44.9 Å². The zero-order chi connectivity index (χ0) is 14.5. The molecule has 3 rings (SSSR count). The molecule has 1 aliphatic carbocycles. The Labute approximate surface area is 131 Å². The molecule has 1 aromatic heterocycles. The highest BCUT2D eigenvalue weighted by molar-refractivity contribution is 6.30. The van der Waals surface area contributed by atoms with Gasteiger partial charge in [0.15, 0.2) is 0 Å². The lowest BCUT2D eigenvalue weighted by molar-refractivity contribution is 0.00355. The van der Waals surface area contributed by atoms with Gasteiger partial charge in [0.05, 0.1) is 23.5 Å². The molecule has 0 unspecified atom stereocenters. The monoisotopic (exact) mass is 309 g/mol. The van der Waals surface area contributed by atoms with Gasteiger partial charge in [-0.05, 0) is 31.6 Å². The standard InChI is InChI=1S/C16H24ClN3O/c17-14-10-18-16(19-11-14)20-8-6-13(7-9-20)12-21-15-4-2-1-3-5-15/h10-11,13,15H,1-9,12H2. The largest absolute Gasteiger partial charge is 0.378 e. The van der Waals surface area contributed by atoms with Crippen molar-refractivity contribution >= 4 is 17.5 Å².